The molecule has 0 saturated carbocycles. The van der Waals surface area contributed by atoms with Crippen LogP contribution in [-0.2, 0) is 0 Å². The summed E-state index contributed by atoms with van der Waals surface area (Å²) in [5.41, 5.74) is 2.08. The highest BCUT2D eigenvalue weighted by Gasteiger charge is 2.25. The van der Waals surface area contributed by atoms with E-state index in [0.29, 0.717) is 27.6 Å². The quantitative estimate of drug-likeness (QED) is 0.433. The number of rotatable bonds is 6. The molecule has 7 heteroatoms. The lowest BCUT2D eigenvalue weighted by atomic mass is 10.1. The number of carbonyl (C=O) groups excluding carboxylic acids is 1. The first-order valence-corrected chi connectivity index (χ1v) is 10.0. The van der Waals surface area contributed by atoms with Gasteiger partial charge < -0.3 is 14.5 Å². The predicted molar refractivity (Wildman–Crippen MR) is 116 cm³/mol. The fraction of sp³-hybridized carbons (Fsp3) is 0.0870. The average molecular weight is 464 g/mol. The van der Waals surface area contributed by atoms with Crippen molar-refractivity contribution < 1.29 is 13.9 Å². The minimum absolute atomic E-state index is 0.297. The van der Waals surface area contributed by atoms with Crippen molar-refractivity contribution in [1.29, 1.82) is 0 Å². The van der Waals surface area contributed by atoms with Crippen LogP contribution in [0.15, 0.2) is 87.8 Å². The molecule has 1 amide bonds. The van der Waals surface area contributed by atoms with Gasteiger partial charge in [-0.15, -0.1) is 10.2 Å². The maximum absolute atomic E-state index is 13.1. The van der Waals surface area contributed by atoms with E-state index in [9.17, 15) is 4.79 Å². The number of benzene rings is 3. The molecule has 6 nitrogen and oxygen atoms in total. The predicted octanol–water partition coefficient (Wildman–Crippen LogP) is 5.03. The Morgan fingerprint density at radius 1 is 1.00 bits per heavy atom. The van der Waals surface area contributed by atoms with Crippen LogP contribution in [-0.4, -0.2) is 23.2 Å². The van der Waals surface area contributed by atoms with E-state index >= 15 is 0 Å². The molecule has 4 rings (SSSR count). The number of nitrogens with one attached hydrogen (secondary N) is 1. The zero-order valence-electron chi connectivity index (χ0n) is 16.1. The molecule has 1 atom stereocenters. The average Bonchev–Trinajstić information content (AvgIpc) is 3.29. The monoisotopic (exact) mass is 463 g/mol. The zero-order valence-corrected chi connectivity index (χ0v) is 17.7. The van der Waals surface area contributed by atoms with Gasteiger partial charge in [0, 0.05) is 10.0 Å². The number of amides is 1. The van der Waals surface area contributed by atoms with Crippen molar-refractivity contribution in [2.75, 3.05) is 7.11 Å². The van der Waals surface area contributed by atoms with E-state index in [2.05, 4.69) is 31.4 Å². The van der Waals surface area contributed by atoms with E-state index in [1.807, 2.05) is 60.7 Å². The van der Waals surface area contributed by atoms with Gasteiger partial charge in [-0.3, -0.25) is 4.79 Å². The number of hydrogen-bond donors (Lipinski definition) is 1. The number of halogens is 1. The van der Waals surface area contributed by atoms with Crippen molar-refractivity contribution in [2.24, 2.45) is 0 Å². The van der Waals surface area contributed by atoms with Crippen LogP contribution in [0.2, 0.25) is 0 Å². The molecule has 1 heterocycles. The topological polar surface area (TPSA) is 77.2 Å². The molecule has 0 aliphatic rings. The van der Waals surface area contributed by atoms with Crippen molar-refractivity contribution in [3.8, 4) is 17.2 Å². The molecular formula is C23H18BrN3O3. The molecule has 4 aromatic rings. The van der Waals surface area contributed by atoms with Gasteiger partial charge in [0.15, 0.2) is 0 Å². The molecule has 1 aromatic heterocycles. The largest absolute Gasteiger partial charge is 0.497 e. The minimum atomic E-state index is -0.609. The van der Waals surface area contributed by atoms with E-state index in [0.717, 1.165) is 11.1 Å². The summed E-state index contributed by atoms with van der Waals surface area (Å²) in [5.74, 6) is 0.980. The second kappa shape index (κ2) is 8.92. The van der Waals surface area contributed by atoms with Gasteiger partial charge in [0.25, 0.3) is 5.91 Å². The van der Waals surface area contributed by atoms with Crippen molar-refractivity contribution in [3.63, 3.8) is 0 Å². The van der Waals surface area contributed by atoms with Gasteiger partial charge in [-0.1, -0.05) is 48.5 Å². The first kappa shape index (κ1) is 19.8. The number of carbonyl (C=O) groups is 1. The molecule has 150 valence electrons. The fourth-order valence-corrected chi connectivity index (χ4v) is 3.42. The normalized spacial score (nSPS) is 11.7. The molecule has 1 unspecified atom stereocenters. The summed E-state index contributed by atoms with van der Waals surface area (Å²) in [6.07, 6.45) is 0. The summed E-state index contributed by atoms with van der Waals surface area (Å²) in [6.45, 7) is 0. The van der Waals surface area contributed by atoms with Crippen LogP contribution in [0.25, 0.3) is 11.5 Å². The van der Waals surface area contributed by atoms with Gasteiger partial charge in [-0.25, -0.2) is 0 Å². The van der Waals surface area contributed by atoms with Crippen LogP contribution in [0.5, 0.6) is 5.75 Å². The Labute approximate surface area is 182 Å². The smallest absolute Gasteiger partial charge is 0.253 e. The third-order valence-corrected chi connectivity index (χ3v) is 5.23. The Kier molecular flexibility index (Phi) is 5.90. The third kappa shape index (κ3) is 4.26. The van der Waals surface area contributed by atoms with Crippen LogP contribution in [0.4, 0.5) is 0 Å². The number of hydrogen-bond acceptors (Lipinski definition) is 5. The fourth-order valence-electron chi connectivity index (χ4n) is 3.00. The van der Waals surface area contributed by atoms with Gasteiger partial charge in [0.05, 0.1) is 12.7 Å². The number of methoxy groups -OCH3 is 1. The molecular weight excluding hydrogens is 446 g/mol. The van der Waals surface area contributed by atoms with E-state index in [1.54, 1.807) is 25.3 Å². The van der Waals surface area contributed by atoms with Gasteiger partial charge in [0.2, 0.25) is 11.8 Å². The van der Waals surface area contributed by atoms with Gasteiger partial charge in [0.1, 0.15) is 11.8 Å². The first-order valence-electron chi connectivity index (χ1n) is 9.24. The Bertz CT molecular complexity index is 1150. The molecule has 0 bridgehead atoms. The van der Waals surface area contributed by atoms with E-state index in [1.165, 1.54) is 0 Å². The molecule has 0 fully saturated rings. The Balaban J connectivity index is 1.68. The molecule has 0 aliphatic heterocycles. The minimum Gasteiger partial charge on any atom is -0.497 e. The summed E-state index contributed by atoms with van der Waals surface area (Å²) < 4.78 is 11.8. The number of nitrogens with zero attached hydrogens (tertiary/aromatic N) is 2. The van der Waals surface area contributed by atoms with Crippen LogP contribution in [0, 0.1) is 0 Å². The molecule has 3 aromatic carbocycles. The molecule has 0 aliphatic carbocycles. The summed E-state index contributed by atoms with van der Waals surface area (Å²) >= 11 is 3.43. The highest BCUT2D eigenvalue weighted by Crippen LogP contribution is 2.27. The van der Waals surface area contributed by atoms with Crippen molar-refractivity contribution >= 4 is 21.8 Å². The Morgan fingerprint density at radius 3 is 2.40 bits per heavy atom. The number of aromatic nitrogens is 2. The van der Waals surface area contributed by atoms with Gasteiger partial charge in [-0.05, 0) is 51.8 Å². The first-order chi connectivity index (χ1) is 14.7. The summed E-state index contributed by atoms with van der Waals surface area (Å²) in [6, 6.07) is 23.6. The molecule has 1 N–H and O–H groups in total. The number of ether oxygens (including phenoxy) is 1. The van der Waals surface area contributed by atoms with Crippen LogP contribution < -0.4 is 10.1 Å². The maximum atomic E-state index is 13.1. The summed E-state index contributed by atoms with van der Waals surface area (Å²) in [5, 5.41) is 11.4. The highest BCUT2D eigenvalue weighted by molar-refractivity contribution is 9.10. The van der Waals surface area contributed by atoms with E-state index < -0.39 is 6.04 Å². The van der Waals surface area contributed by atoms with Crippen molar-refractivity contribution in [3.05, 3.63) is 100 Å². The third-order valence-electron chi connectivity index (χ3n) is 4.53. The molecule has 0 radical (unpaired) electrons. The SMILES string of the molecule is COc1ccc(Br)c(C(=O)NC(c2ccccc2)c2nnc(-c3ccccc3)o2)c1. The Morgan fingerprint density at radius 2 is 1.70 bits per heavy atom. The van der Waals surface area contributed by atoms with Crippen molar-refractivity contribution in [2.45, 2.75) is 6.04 Å². The lowest BCUT2D eigenvalue weighted by Crippen LogP contribution is -2.30. The molecule has 0 spiro atoms. The summed E-state index contributed by atoms with van der Waals surface area (Å²) in [7, 11) is 1.56. The lowest BCUT2D eigenvalue weighted by molar-refractivity contribution is 0.0937. The van der Waals surface area contributed by atoms with E-state index in [-0.39, 0.29) is 5.91 Å². The standard InChI is InChI=1S/C23H18BrN3O3/c1-29-17-12-13-19(24)18(14-17)21(28)25-20(15-8-4-2-5-9-15)23-27-26-22(30-23)16-10-6-3-7-11-16/h2-14,20H,1H3,(H,25,28). The van der Waals surface area contributed by atoms with Gasteiger partial charge >= 0.3 is 0 Å². The van der Waals surface area contributed by atoms with Crippen molar-refractivity contribution in [1.82, 2.24) is 15.5 Å². The van der Waals surface area contributed by atoms with E-state index in [4.69, 9.17) is 9.15 Å². The van der Waals surface area contributed by atoms with Crippen LogP contribution >= 0.6 is 15.9 Å². The Hall–Kier alpha value is -3.45. The van der Waals surface area contributed by atoms with Crippen LogP contribution in [0.3, 0.4) is 0 Å². The van der Waals surface area contributed by atoms with Gasteiger partial charge in [-0.2, -0.15) is 0 Å². The maximum Gasteiger partial charge on any atom is 0.253 e. The molecule has 0 saturated heterocycles. The summed E-state index contributed by atoms with van der Waals surface area (Å²) in [4.78, 5) is 13.1. The highest BCUT2D eigenvalue weighted by atomic mass is 79.9. The second-order valence-corrected chi connectivity index (χ2v) is 7.33. The lowest BCUT2D eigenvalue weighted by Gasteiger charge is -2.16. The second-order valence-electron chi connectivity index (χ2n) is 6.47. The molecule has 30 heavy (non-hydrogen) atoms. The zero-order chi connectivity index (χ0) is 20.9. The van der Waals surface area contributed by atoms with Crippen LogP contribution in [0.1, 0.15) is 27.9 Å².